The van der Waals surface area contributed by atoms with Crippen LogP contribution in [0.5, 0.6) is 0 Å². The van der Waals surface area contributed by atoms with Gasteiger partial charge in [0.05, 0.1) is 0 Å². The van der Waals surface area contributed by atoms with Crippen LogP contribution in [0.15, 0.2) is 0 Å². The number of primary amides is 2. The molecule has 5 N–H and O–H groups in total. The molecule has 13 heavy (non-hydrogen) atoms. The van der Waals surface area contributed by atoms with Crippen molar-refractivity contribution in [3.05, 3.63) is 0 Å². The number of rotatable bonds is 5. The maximum atomic E-state index is 10.9. The Hall–Kier alpha value is -1.59. The standard InChI is InChI=1S/C7H13N3O3/c1-4(7(9)13)10-6(12)3-2-5(8)11/h4H,2-3H2,1H3,(H2,8,11)(H2,9,13)(H,10,12)/t4-/m1/s1. The molecule has 0 aliphatic rings. The molecule has 0 aromatic heterocycles. The topological polar surface area (TPSA) is 115 Å². The van der Waals surface area contributed by atoms with Gasteiger partial charge in [-0.25, -0.2) is 0 Å². The lowest BCUT2D eigenvalue weighted by atomic mass is 10.2. The molecule has 0 heterocycles. The van der Waals surface area contributed by atoms with Gasteiger partial charge in [-0.2, -0.15) is 0 Å². The summed E-state index contributed by atoms with van der Waals surface area (Å²) >= 11 is 0. The third-order valence-electron chi connectivity index (χ3n) is 1.40. The molecule has 0 spiro atoms. The molecule has 74 valence electrons. The molecule has 0 aliphatic heterocycles. The molecule has 0 fully saturated rings. The van der Waals surface area contributed by atoms with E-state index in [1.54, 1.807) is 0 Å². The van der Waals surface area contributed by atoms with Gasteiger partial charge >= 0.3 is 0 Å². The maximum absolute atomic E-state index is 10.9. The van der Waals surface area contributed by atoms with Gasteiger partial charge in [-0.3, -0.25) is 14.4 Å². The molecule has 6 nitrogen and oxygen atoms in total. The van der Waals surface area contributed by atoms with Crippen molar-refractivity contribution >= 4 is 17.7 Å². The van der Waals surface area contributed by atoms with Crippen LogP contribution in [0.4, 0.5) is 0 Å². The zero-order valence-corrected chi connectivity index (χ0v) is 7.37. The Morgan fingerprint density at radius 3 is 2.15 bits per heavy atom. The monoisotopic (exact) mass is 187 g/mol. The summed E-state index contributed by atoms with van der Waals surface area (Å²) in [4.78, 5) is 31.7. The van der Waals surface area contributed by atoms with Gasteiger partial charge in [0.15, 0.2) is 0 Å². The van der Waals surface area contributed by atoms with Crippen LogP contribution in [0.25, 0.3) is 0 Å². The molecule has 0 saturated heterocycles. The number of carbonyl (C=O) groups is 3. The van der Waals surface area contributed by atoms with E-state index in [1.165, 1.54) is 6.92 Å². The van der Waals surface area contributed by atoms with Crippen molar-refractivity contribution < 1.29 is 14.4 Å². The number of carbonyl (C=O) groups excluding carboxylic acids is 3. The van der Waals surface area contributed by atoms with Crippen molar-refractivity contribution in [2.75, 3.05) is 0 Å². The number of hydrogen-bond acceptors (Lipinski definition) is 3. The molecule has 3 amide bonds. The third-order valence-corrected chi connectivity index (χ3v) is 1.40. The first-order chi connectivity index (χ1) is 5.93. The van der Waals surface area contributed by atoms with E-state index in [1.807, 2.05) is 0 Å². The highest BCUT2D eigenvalue weighted by Gasteiger charge is 2.12. The molecular weight excluding hydrogens is 174 g/mol. The van der Waals surface area contributed by atoms with Crippen LogP contribution >= 0.6 is 0 Å². The van der Waals surface area contributed by atoms with Gasteiger partial charge in [0.1, 0.15) is 6.04 Å². The lowest BCUT2D eigenvalue weighted by Crippen LogP contribution is -2.42. The van der Waals surface area contributed by atoms with E-state index < -0.39 is 23.8 Å². The molecular formula is C7H13N3O3. The summed E-state index contributed by atoms with van der Waals surface area (Å²) in [5, 5.41) is 2.31. The van der Waals surface area contributed by atoms with Crippen molar-refractivity contribution in [2.45, 2.75) is 25.8 Å². The van der Waals surface area contributed by atoms with Gasteiger partial charge in [-0.15, -0.1) is 0 Å². The Bertz CT molecular complexity index is 227. The largest absolute Gasteiger partial charge is 0.370 e. The highest BCUT2D eigenvalue weighted by atomic mass is 16.2. The van der Waals surface area contributed by atoms with E-state index in [2.05, 4.69) is 5.32 Å². The first-order valence-corrected chi connectivity index (χ1v) is 3.80. The summed E-state index contributed by atoms with van der Waals surface area (Å²) in [7, 11) is 0. The average Bonchev–Trinajstić information content (AvgIpc) is 2.00. The summed E-state index contributed by atoms with van der Waals surface area (Å²) in [6, 6.07) is -0.722. The Morgan fingerprint density at radius 2 is 1.77 bits per heavy atom. The molecule has 0 aliphatic carbocycles. The van der Waals surface area contributed by atoms with Gasteiger partial charge in [0.25, 0.3) is 0 Å². The molecule has 0 aromatic carbocycles. The summed E-state index contributed by atoms with van der Waals surface area (Å²) < 4.78 is 0. The molecule has 6 heteroatoms. The first-order valence-electron chi connectivity index (χ1n) is 3.80. The van der Waals surface area contributed by atoms with Crippen LogP contribution in [0.1, 0.15) is 19.8 Å². The first kappa shape index (κ1) is 11.4. The van der Waals surface area contributed by atoms with Crippen molar-refractivity contribution in [2.24, 2.45) is 11.5 Å². The lowest BCUT2D eigenvalue weighted by Gasteiger charge is -2.08. The molecule has 0 saturated carbocycles. The molecule has 0 aromatic rings. The second-order valence-electron chi connectivity index (χ2n) is 2.66. The van der Waals surface area contributed by atoms with Crippen LogP contribution < -0.4 is 16.8 Å². The van der Waals surface area contributed by atoms with Gasteiger partial charge in [-0.05, 0) is 6.92 Å². The molecule has 0 unspecified atom stereocenters. The van der Waals surface area contributed by atoms with Crippen LogP contribution in [-0.2, 0) is 14.4 Å². The molecule has 0 radical (unpaired) electrons. The van der Waals surface area contributed by atoms with E-state index in [0.717, 1.165) is 0 Å². The number of hydrogen-bond donors (Lipinski definition) is 3. The van der Waals surface area contributed by atoms with Gasteiger partial charge in [0.2, 0.25) is 17.7 Å². The second-order valence-corrected chi connectivity index (χ2v) is 2.66. The predicted octanol–water partition coefficient (Wildman–Crippen LogP) is -1.76. The Kier molecular flexibility index (Phi) is 4.50. The van der Waals surface area contributed by atoms with Crippen molar-refractivity contribution in [1.29, 1.82) is 0 Å². The number of nitrogens with one attached hydrogen (secondary N) is 1. The van der Waals surface area contributed by atoms with Crippen LogP contribution in [-0.4, -0.2) is 23.8 Å². The van der Waals surface area contributed by atoms with Gasteiger partial charge < -0.3 is 16.8 Å². The minimum absolute atomic E-state index is 0.0209. The zero-order valence-electron chi connectivity index (χ0n) is 7.37. The number of nitrogens with two attached hydrogens (primary N) is 2. The Labute approximate surface area is 75.6 Å². The van der Waals surface area contributed by atoms with E-state index in [9.17, 15) is 14.4 Å². The minimum atomic E-state index is -0.722. The summed E-state index contributed by atoms with van der Waals surface area (Å²) in [6.45, 7) is 1.46. The highest BCUT2D eigenvalue weighted by Crippen LogP contribution is 1.89. The predicted molar refractivity (Wildman–Crippen MR) is 45.2 cm³/mol. The van der Waals surface area contributed by atoms with E-state index in [-0.39, 0.29) is 12.8 Å². The fourth-order valence-corrected chi connectivity index (χ4v) is 0.622. The number of amides is 3. The molecule has 0 rings (SSSR count). The normalized spacial score (nSPS) is 11.8. The van der Waals surface area contributed by atoms with Crippen molar-refractivity contribution in [3.63, 3.8) is 0 Å². The van der Waals surface area contributed by atoms with Crippen molar-refractivity contribution in [3.8, 4) is 0 Å². The molecule has 0 bridgehead atoms. The maximum Gasteiger partial charge on any atom is 0.239 e. The summed E-state index contributed by atoms with van der Waals surface area (Å²) in [5.41, 5.74) is 9.72. The smallest absolute Gasteiger partial charge is 0.239 e. The van der Waals surface area contributed by atoms with Crippen molar-refractivity contribution in [1.82, 2.24) is 5.32 Å². The van der Waals surface area contributed by atoms with Gasteiger partial charge in [-0.1, -0.05) is 0 Å². The minimum Gasteiger partial charge on any atom is -0.370 e. The Morgan fingerprint density at radius 1 is 1.23 bits per heavy atom. The summed E-state index contributed by atoms with van der Waals surface area (Å²) in [5.74, 6) is -1.58. The quantitative estimate of drug-likeness (QED) is 0.473. The second kappa shape index (κ2) is 5.13. The van der Waals surface area contributed by atoms with Crippen LogP contribution in [0.2, 0.25) is 0 Å². The van der Waals surface area contributed by atoms with Crippen LogP contribution in [0, 0.1) is 0 Å². The lowest BCUT2D eigenvalue weighted by molar-refractivity contribution is -0.128. The fraction of sp³-hybridized carbons (Fsp3) is 0.571. The zero-order chi connectivity index (χ0) is 10.4. The summed E-state index contributed by atoms with van der Waals surface area (Å²) in [6.07, 6.45) is -0.0513. The average molecular weight is 187 g/mol. The van der Waals surface area contributed by atoms with E-state index in [4.69, 9.17) is 11.5 Å². The van der Waals surface area contributed by atoms with E-state index >= 15 is 0 Å². The SMILES string of the molecule is C[C@@H](NC(=O)CCC(N)=O)C(N)=O. The fourth-order valence-electron chi connectivity index (χ4n) is 0.622. The van der Waals surface area contributed by atoms with Crippen LogP contribution in [0.3, 0.4) is 0 Å². The van der Waals surface area contributed by atoms with Gasteiger partial charge in [0, 0.05) is 12.8 Å². The molecule has 1 atom stereocenters. The van der Waals surface area contributed by atoms with E-state index in [0.29, 0.717) is 0 Å². The Balaban J connectivity index is 3.74. The highest BCUT2D eigenvalue weighted by molar-refractivity contribution is 5.88. The third kappa shape index (κ3) is 5.66.